The summed E-state index contributed by atoms with van der Waals surface area (Å²) in [5.41, 5.74) is 1.93. The van der Waals surface area contributed by atoms with Gasteiger partial charge in [0, 0.05) is 49.3 Å². The lowest BCUT2D eigenvalue weighted by Crippen LogP contribution is -2.46. The number of thiol groups is 1. The van der Waals surface area contributed by atoms with E-state index in [1.165, 1.54) is 0 Å². The fraction of sp³-hybridized carbons (Fsp3) is 0.476. The predicted octanol–water partition coefficient (Wildman–Crippen LogP) is 3.04. The Morgan fingerprint density at radius 3 is 2.55 bits per heavy atom. The Balaban J connectivity index is 1.78. The summed E-state index contributed by atoms with van der Waals surface area (Å²) in [6.45, 7) is 6.09. The first kappa shape index (κ1) is 22.7. The number of morpholine rings is 1. The highest BCUT2D eigenvalue weighted by Gasteiger charge is 2.29. The van der Waals surface area contributed by atoms with E-state index in [2.05, 4.69) is 17.5 Å². The number of allylic oxidation sites excluding steroid dienone is 4. The number of rotatable bonds is 8. The first-order valence-electron chi connectivity index (χ1n) is 9.86. The van der Waals surface area contributed by atoms with Crippen LogP contribution in [-0.2, 0) is 14.8 Å². The van der Waals surface area contributed by atoms with Crippen molar-refractivity contribution >= 4 is 45.3 Å². The van der Waals surface area contributed by atoms with Gasteiger partial charge in [-0.3, -0.25) is 4.90 Å². The molecule has 0 unspecified atom stereocenters. The van der Waals surface area contributed by atoms with Gasteiger partial charge in [0.15, 0.2) is 0 Å². The summed E-state index contributed by atoms with van der Waals surface area (Å²) in [6, 6.07) is 6.85. The van der Waals surface area contributed by atoms with Crippen molar-refractivity contribution in [2.24, 2.45) is 0 Å². The van der Waals surface area contributed by atoms with Crippen LogP contribution in [0.2, 0.25) is 0 Å². The largest absolute Gasteiger partial charge is 0.379 e. The molecule has 0 bridgehead atoms. The van der Waals surface area contributed by atoms with Gasteiger partial charge in [-0.15, -0.1) is 0 Å². The number of hydrogen-bond donors (Lipinski definition) is 1. The fourth-order valence-corrected chi connectivity index (χ4v) is 5.69. The molecule has 1 aliphatic heterocycles. The Morgan fingerprint density at radius 2 is 1.93 bits per heavy atom. The molecule has 1 aliphatic carbocycles. The summed E-state index contributed by atoms with van der Waals surface area (Å²) < 4.78 is 33.7. The minimum absolute atomic E-state index is 0.192. The van der Waals surface area contributed by atoms with Gasteiger partial charge in [-0.2, -0.15) is 16.9 Å². The third kappa shape index (κ3) is 5.57. The zero-order valence-corrected chi connectivity index (χ0v) is 19.2. The summed E-state index contributed by atoms with van der Waals surface area (Å²) in [5.74, 6) is 0.466. The van der Waals surface area contributed by atoms with Gasteiger partial charge < -0.3 is 4.74 Å². The Kier molecular flexibility index (Phi) is 8.07. The Bertz CT molecular complexity index is 873. The molecule has 158 valence electrons. The first-order chi connectivity index (χ1) is 13.9. The molecular weight excluding hydrogens is 424 g/mol. The summed E-state index contributed by atoms with van der Waals surface area (Å²) >= 11 is 9.78. The Morgan fingerprint density at radius 1 is 1.24 bits per heavy atom. The minimum atomic E-state index is -3.61. The molecule has 1 aromatic rings. The fourth-order valence-electron chi connectivity index (χ4n) is 3.47. The van der Waals surface area contributed by atoms with Crippen LogP contribution >= 0.6 is 24.8 Å². The van der Waals surface area contributed by atoms with E-state index in [9.17, 15) is 8.42 Å². The quantitative estimate of drug-likeness (QED) is 0.485. The molecule has 0 aromatic heterocycles. The van der Waals surface area contributed by atoms with Gasteiger partial charge in [-0.1, -0.05) is 42.6 Å². The van der Waals surface area contributed by atoms with E-state index in [-0.39, 0.29) is 6.04 Å². The molecule has 0 spiro atoms. The highest BCUT2D eigenvalue weighted by Crippen LogP contribution is 2.25. The number of ether oxygens (including phenoxy) is 1. The van der Waals surface area contributed by atoms with Crippen molar-refractivity contribution in [2.75, 3.05) is 45.1 Å². The van der Waals surface area contributed by atoms with Crippen molar-refractivity contribution in [2.45, 2.75) is 24.3 Å². The molecule has 1 saturated heterocycles. The highest BCUT2D eigenvalue weighted by atomic mass is 32.2. The van der Waals surface area contributed by atoms with Crippen LogP contribution in [0, 0.1) is 0 Å². The summed E-state index contributed by atoms with van der Waals surface area (Å²) in [4.78, 5) is 3.42. The van der Waals surface area contributed by atoms with Gasteiger partial charge in [-0.25, -0.2) is 8.42 Å². The van der Waals surface area contributed by atoms with Crippen LogP contribution in [0.3, 0.4) is 0 Å². The van der Waals surface area contributed by atoms with Gasteiger partial charge in [0.05, 0.1) is 18.1 Å². The molecule has 5 nitrogen and oxygen atoms in total. The van der Waals surface area contributed by atoms with Gasteiger partial charge in [0.1, 0.15) is 0 Å². The lowest BCUT2D eigenvalue weighted by molar-refractivity contribution is 0.0357. The molecule has 1 heterocycles. The average Bonchev–Trinajstić information content (AvgIpc) is 2.74. The minimum Gasteiger partial charge on any atom is -0.379 e. The molecule has 1 atom stereocenters. The molecule has 0 radical (unpaired) electrons. The maximum atomic E-state index is 13.4. The van der Waals surface area contributed by atoms with Crippen LogP contribution in [0.25, 0.3) is 5.57 Å². The van der Waals surface area contributed by atoms with Crippen LogP contribution in [0.4, 0.5) is 0 Å². The monoisotopic (exact) mass is 452 g/mol. The van der Waals surface area contributed by atoms with E-state index in [4.69, 9.17) is 17.0 Å². The van der Waals surface area contributed by atoms with Crippen LogP contribution in [-0.4, -0.2) is 73.7 Å². The number of hydrogen-bond acceptors (Lipinski definition) is 6. The maximum absolute atomic E-state index is 13.4. The van der Waals surface area contributed by atoms with E-state index in [1.807, 2.05) is 37.3 Å². The normalized spacial score (nSPS) is 19.4. The molecule has 8 heteroatoms. The van der Waals surface area contributed by atoms with Crippen LogP contribution in [0.5, 0.6) is 0 Å². The zero-order valence-electron chi connectivity index (χ0n) is 16.7. The highest BCUT2D eigenvalue weighted by molar-refractivity contribution is 7.89. The molecule has 3 rings (SSSR count). The SMILES string of the molecule is C[C@H](CS)N(CCN1CCOCC1)S(=O)(=O)c1ccc(C2=CC=CCC2=S)cc1. The second kappa shape index (κ2) is 10.3. The van der Waals surface area contributed by atoms with Crippen LogP contribution < -0.4 is 0 Å². The van der Waals surface area contributed by atoms with E-state index < -0.39 is 10.0 Å². The standard InChI is InChI=1S/C21H28N2O3S3/c1-17(16-27)23(11-10-22-12-14-26-15-13-22)29(24,25)19-8-6-18(7-9-19)20-4-2-3-5-21(20)28/h2-4,6-9,17,27H,5,10-16H2,1H3/t17-/m1/s1. The van der Waals surface area contributed by atoms with Crippen LogP contribution in [0.15, 0.2) is 47.4 Å². The van der Waals surface area contributed by atoms with E-state index in [0.29, 0.717) is 37.0 Å². The van der Waals surface area contributed by atoms with Crippen molar-refractivity contribution < 1.29 is 13.2 Å². The third-order valence-corrected chi connectivity index (χ3v) is 8.21. The molecular formula is C21H28N2O3S3. The number of benzene rings is 1. The number of thiocarbonyl (C=S) groups is 1. The molecule has 1 fully saturated rings. The van der Waals surface area contributed by atoms with E-state index >= 15 is 0 Å². The molecule has 29 heavy (non-hydrogen) atoms. The van der Waals surface area contributed by atoms with Gasteiger partial charge in [0.25, 0.3) is 0 Å². The summed E-state index contributed by atoms with van der Waals surface area (Å²) in [6.07, 6.45) is 6.73. The molecule has 2 aliphatic rings. The van der Waals surface area contributed by atoms with Crippen molar-refractivity contribution in [1.82, 2.24) is 9.21 Å². The van der Waals surface area contributed by atoms with Crippen molar-refractivity contribution in [1.29, 1.82) is 0 Å². The summed E-state index contributed by atoms with van der Waals surface area (Å²) in [5, 5.41) is 0. The zero-order chi connectivity index (χ0) is 20.9. The third-order valence-electron chi connectivity index (χ3n) is 5.27. The summed E-state index contributed by atoms with van der Waals surface area (Å²) in [7, 11) is -3.61. The maximum Gasteiger partial charge on any atom is 0.243 e. The van der Waals surface area contributed by atoms with Crippen molar-refractivity contribution in [3.05, 3.63) is 48.1 Å². The van der Waals surface area contributed by atoms with Crippen molar-refractivity contribution in [3.63, 3.8) is 0 Å². The van der Waals surface area contributed by atoms with E-state index in [0.717, 1.165) is 35.5 Å². The Hall–Kier alpha value is -1.03. The predicted molar refractivity (Wildman–Crippen MR) is 125 cm³/mol. The van der Waals surface area contributed by atoms with Gasteiger partial charge in [-0.05, 0) is 30.2 Å². The van der Waals surface area contributed by atoms with Crippen molar-refractivity contribution in [3.8, 4) is 0 Å². The van der Waals surface area contributed by atoms with Gasteiger partial charge >= 0.3 is 0 Å². The molecule has 0 N–H and O–H groups in total. The van der Waals surface area contributed by atoms with Gasteiger partial charge in [0.2, 0.25) is 10.0 Å². The number of sulfonamides is 1. The second-order valence-corrected chi connectivity index (χ2v) is 10.0. The van der Waals surface area contributed by atoms with Crippen LogP contribution in [0.1, 0.15) is 18.9 Å². The first-order valence-corrected chi connectivity index (χ1v) is 12.3. The lowest BCUT2D eigenvalue weighted by Gasteiger charge is -2.32. The van der Waals surface area contributed by atoms with E-state index in [1.54, 1.807) is 16.4 Å². The molecule has 1 aromatic carbocycles. The molecule has 0 amide bonds. The Labute approximate surface area is 184 Å². The smallest absolute Gasteiger partial charge is 0.243 e. The molecule has 0 saturated carbocycles. The topological polar surface area (TPSA) is 49.9 Å². The lowest BCUT2D eigenvalue weighted by atomic mass is 9.97. The second-order valence-electron chi connectivity index (χ2n) is 7.26. The average molecular weight is 453 g/mol. The number of nitrogens with zero attached hydrogens (tertiary/aromatic N) is 2.